The number of ether oxygens (including phenoxy) is 1. The fourth-order valence-electron chi connectivity index (χ4n) is 2.05. The number of nitrogens with one attached hydrogen (secondary N) is 2. The monoisotopic (exact) mass is 305 g/mol. The number of benzene rings is 1. The summed E-state index contributed by atoms with van der Waals surface area (Å²) in [5.74, 6) is 0.641. The Morgan fingerprint density at radius 2 is 2.09 bits per heavy atom. The number of anilines is 2. The Morgan fingerprint density at radius 1 is 1.36 bits per heavy atom. The van der Waals surface area contributed by atoms with E-state index in [-0.39, 0.29) is 17.4 Å². The van der Waals surface area contributed by atoms with E-state index >= 15 is 0 Å². The third kappa shape index (κ3) is 4.13. The van der Waals surface area contributed by atoms with Crippen molar-refractivity contribution in [2.75, 3.05) is 30.4 Å². The average molecular weight is 305 g/mol. The predicted molar refractivity (Wildman–Crippen MR) is 86.4 cm³/mol. The van der Waals surface area contributed by atoms with Crippen LogP contribution in [0.5, 0.6) is 5.75 Å². The first kappa shape index (κ1) is 16.1. The number of carbonyl (C=O) groups excluding carboxylic acids is 2. The van der Waals surface area contributed by atoms with Crippen LogP contribution in [0.15, 0.2) is 18.2 Å². The summed E-state index contributed by atoms with van der Waals surface area (Å²) >= 11 is 0. The lowest BCUT2D eigenvalue weighted by Crippen LogP contribution is -2.35. The average Bonchev–Trinajstić information content (AvgIpc) is 2.57. The zero-order valence-electron chi connectivity index (χ0n) is 13.5. The summed E-state index contributed by atoms with van der Waals surface area (Å²) in [5.41, 5.74) is 1.30. The Kier molecular flexibility index (Phi) is 4.59. The molecule has 2 rings (SSSR count). The van der Waals surface area contributed by atoms with Crippen molar-refractivity contribution in [1.82, 2.24) is 5.32 Å². The normalized spacial score (nSPS) is 14.7. The van der Waals surface area contributed by atoms with E-state index in [1.54, 1.807) is 30.1 Å². The molecule has 0 aromatic heterocycles. The van der Waals surface area contributed by atoms with Gasteiger partial charge in [0.15, 0.2) is 0 Å². The van der Waals surface area contributed by atoms with Crippen LogP contribution in [0.25, 0.3) is 0 Å². The number of hydrogen-bond donors (Lipinski definition) is 2. The van der Waals surface area contributed by atoms with Crippen LogP contribution in [0.4, 0.5) is 16.2 Å². The first-order chi connectivity index (χ1) is 10.3. The van der Waals surface area contributed by atoms with Crippen molar-refractivity contribution < 1.29 is 14.3 Å². The lowest BCUT2D eigenvalue weighted by molar-refractivity contribution is -0.118. The van der Waals surface area contributed by atoms with Crippen molar-refractivity contribution in [2.45, 2.75) is 27.2 Å². The molecule has 2 N–H and O–H groups in total. The molecule has 0 bridgehead atoms. The van der Waals surface area contributed by atoms with Gasteiger partial charge in [0, 0.05) is 19.3 Å². The topological polar surface area (TPSA) is 70.7 Å². The van der Waals surface area contributed by atoms with Crippen LogP contribution in [0.3, 0.4) is 0 Å². The SMILES string of the molecule is CN1C(=O)CCOc2ccc(NC(=O)NCC(C)(C)C)cc21. The smallest absolute Gasteiger partial charge is 0.319 e. The third-order valence-electron chi connectivity index (χ3n) is 3.31. The fourth-order valence-corrected chi connectivity index (χ4v) is 2.05. The second kappa shape index (κ2) is 6.25. The molecule has 6 nitrogen and oxygen atoms in total. The van der Waals surface area contributed by atoms with E-state index in [0.29, 0.717) is 36.7 Å². The van der Waals surface area contributed by atoms with Gasteiger partial charge in [-0.3, -0.25) is 4.79 Å². The van der Waals surface area contributed by atoms with Gasteiger partial charge >= 0.3 is 6.03 Å². The minimum atomic E-state index is -0.265. The van der Waals surface area contributed by atoms with Crippen molar-refractivity contribution in [2.24, 2.45) is 5.41 Å². The van der Waals surface area contributed by atoms with Crippen LogP contribution in [0.1, 0.15) is 27.2 Å². The standard InChI is InChI=1S/C16H23N3O3/c1-16(2,3)10-17-15(21)18-11-5-6-13-12(9-11)19(4)14(20)7-8-22-13/h5-6,9H,7-8,10H2,1-4H3,(H2,17,18,21). The molecule has 1 aliphatic heterocycles. The van der Waals surface area contributed by atoms with Crippen molar-refractivity contribution >= 4 is 23.3 Å². The maximum absolute atomic E-state index is 11.9. The van der Waals surface area contributed by atoms with Gasteiger partial charge in [-0.05, 0) is 23.6 Å². The van der Waals surface area contributed by atoms with Crippen molar-refractivity contribution in [1.29, 1.82) is 0 Å². The lowest BCUT2D eigenvalue weighted by Gasteiger charge is -2.20. The first-order valence-electron chi connectivity index (χ1n) is 7.34. The fraction of sp³-hybridized carbons (Fsp3) is 0.500. The van der Waals surface area contributed by atoms with Gasteiger partial charge in [-0.2, -0.15) is 0 Å². The number of fused-ring (bicyclic) bond motifs is 1. The minimum Gasteiger partial charge on any atom is -0.491 e. The number of amides is 3. The molecule has 0 spiro atoms. The summed E-state index contributed by atoms with van der Waals surface area (Å²) < 4.78 is 5.55. The summed E-state index contributed by atoms with van der Waals surface area (Å²) in [4.78, 5) is 25.3. The Morgan fingerprint density at radius 3 is 2.77 bits per heavy atom. The van der Waals surface area contributed by atoms with Crippen molar-refractivity contribution in [3.63, 3.8) is 0 Å². The summed E-state index contributed by atoms with van der Waals surface area (Å²) in [6.07, 6.45) is 0.347. The Balaban J connectivity index is 2.09. The second-order valence-corrected chi connectivity index (χ2v) is 6.60. The minimum absolute atomic E-state index is 0.00640. The highest BCUT2D eigenvalue weighted by Gasteiger charge is 2.20. The van der Waals surface area contributed by atoms with Gasteiger partial charge < -0.3 is 20.3 Å². The van der Waals surface area contributed by atoms with E-state index in [9.17, 15) is 9.59 Å². The highest BCUT2D eigenvalue weighted by molar-refractivity contribution is 5.97. The quantitative estimate of drug-likeness (QED) is 0.882. The van der Waals surface area contributed by atoms with Crippen molar-refractivity contribution in [3.8, 4) is 5.75 Å². The molecule has 6 heteroatoms. The van der Waals surface area contributed by atoms with E-state index in [1.807, 2.05) is 20.8 Å². The summed E-state index contributed by atoms with van der Waals surface area (Å²) in [5, 5.41) is 5.60. The third-order valence-corrected chi connectivity index (χ3v) is 3.31. The van der Waals surface area contributed by atoms with E-state index < -0.39 is 0 Å². The van der Waals surface area contributed by atoms with Crippen LogP contribution in [-0.4, -0.2) is 32.1 Å². The molecule has 120 valence electrons. The highest BCUT2D eigenvalue weighted by Crippen LogP contribution is 2.33. The number of urea groups is 1. The molecule has 0 unspecified atom stereocenters. The van der Waals surface area contributed by atoms with Crippen LogP contribution in [0.2, 0.25) is 0 Å². The maximum Gasteiger partial charge on any atom is 0.319 e. The number of carbonyl (C=O) groups is 2. The summed E-state index contributed by atoms with van der Waals surface area (Å²) in [6, 6.07) is 5.01. The molecular weight excluding hydrogens is 282 g/mol. The molecule has 22 heavy (non-hydrogen) atoms. The number of rotatable bonds is 2. The van der Waals surface area contributed by atoms with Gasteiger partial charge in [-0.1, -0.05) is 20.8 Å². The maximum atomic E-state index is 11.9. The molecule has 1 aromatic rings. The molecular formula is C16H23N3O3. The number of hydrogen-bond acceptors (Lipinski definition) is 3. The molecule has 0 aliphatic carbocycles. The Bertz CT molecular complexity index is 578. The largest absolute Gasteiger partial charge is 0.491 e. The second-order valence-electron chi connectivity index (χ2n) is 6.60. The van der Waals surface area contributed by atoms with Crippen LogP contribution in [0, 0.1) is 5.41 Å². The molecule has 1 heterocycles. The van der Waals surface area contributed by atoms with Crippen LogP contribution >= 0.6 is 0 Å². The lowest BCUT2D eigenvalue weighted by atomic mass is 9.97. The molecule has 0 saturated carbocycles. The van der Waals surface area contributed by atoms with Gasteiger partial charge in [0.05, 0.1) is 18.7 Å². The van der Waals surface area contributed by atoms with Crippen LogP contribution < -0.4 is 20.3 Å². The summed E-state index contributed by atoms with van der Waals surface area (Å²) in [6.45, 7) is 7.09. The van der Waals surface area contributed by atoms with E-state index in [4.69, 9.17) is 4.74 Å². The van der Waals surface area contributed by atoms with Gasteiger partial charge in [0.1, 0.15) is 5.75 Å². The van der Waals surface area contributed by atoms with Crippen LogP contribution in [-0.2, 0) is 4.79 Å². The van der Waals surface area contributed by atoms with Gasteiger partial charge in [-0.15, -0.1) is 0 Å². The van der Waals surface area contributed by atoms with Gasteiger partial charge in [0.25, 0.3) is 0 Å². The molecule has 0 atom stereocenters. The predicted octanol–water partition coefficient (Wildman–Crippen LogP) is 2.60. The van der Waals surface area contributed by atoms with E-state index in [1.165, 1.54) is 0 Å². The molecule has 0 fully saturated rings. The molecule has 1 aliphatic rings. The zero-order valence-corrected chi connectivity index (χ0v) is 13.5. The van der Waals surface area contributed by atoms with Gasteiger partial charge in [-0.25, -0.2) is 4.79 Å². The molecule has 0 saturated heterocycles. The van der Waals surface area contributed by atoms with E-state index in [2.05, 4.69) is 10.6 Å². The molecule has 0 radical (unpaired) electrons. The highest BCUT2D eigenvalue weighted by atomic mass is 16.5. The Labute approximate surface area is 130 Å². The summed E-state index contributed by atoms with van der Waals surface area (Å²) in [7, 11) is 1.71. The molecule has 1 aromatic carbocycles. The zero-order chi connectivity index (χ0) is 16.3. The number of nitrogens with zero attached hydrogens (tertiary/aromatic N) is 1. The first-order valence-corrected chi connectivity index (χ1v) is 7.34. The van der Waals surface area contributed by atoms with Crippen molar-refractivity contribution in [3.05, 3.63) is 18.2 Å². The molecule has 3 amide bonds. The van der Waals surface area contributed by atoms with E-state index in [0.717, 1.165) is 0 Å². The van der Waals surface area contributed by atoms with Gasteiger partial charge in [0.2, 0.25) is 5.91 Å². The Hall–Kier alpha value is -2.24.